The average Bonchev–Trinajstić information content (AvgIpc) is 2.06. The van der Waals surface area contributed by atoms with Gasteiger partial charge in [-0.3, -0.25) is 0 Å². The summed E-state index contributed by atoms with van der Waals surface area (Å²) in [4.78, 5) is 0. The smallest absolute Gasteiger partial charge is 0.0603 e. The van der Waals surface area contributed by atoms with Crippen molar-refractivity contribution in [1.29, 1.82) is 0 Å². The molecule has 1 N–H and O–H groups in total. The zero-order valence-electron chi connectivity index (χ0n) is 8.31. The molecule has 1 rings (SSSR count). The molecule has 0 saturated carbocycles. The first-order valence-corrected chi connectivity index (χ1v) is 5.19. The van der Waals surface area contributed by atoms with Crippen molar-refractivity contribution in [3.8, 4) is 0 Å². The first-order chi connectivity index (χ1) is 5.83. The summed E-state index contributed by atoms with van der Waals surface area (Å²) in [5.74, 6) is 0. The predicted molar refractivity (Wildman–Crippen MR) is 51.3 cm³/mol. The van der Waals surface area contributed by atoms with Gasteiger partial charge in [0.05, 0.1) is 12.2 Å². The molecule has 72 valence electrons. The molecule has 1 aliphatic heterocycles. The van der Waals surface area contributed by atoms with Crippen LogP contribution in [0.25, 0.3) is 0 Å². The standard InChI is InChI=1S/C10H21NO/c1-3-4-9(2)12-10-5-7-11-8-6-10/h9-11H,3-8H2,1-2H3. The summed E-state index contributed by atoms with van der Waals surface area (Å²) in [5.41, 5.74) is 0. The average molecular weight is 171 g/mol. The second-order valence-electron chi connectivity index (χ2n) is 3.68. The van der Waals surface area contributed by atoms with E-state index >= 15 is 0 Å². The molecule has 1 aliphatic rings. The van der Waals surface area contributed by atoms with Crippen LogP contribution in [0.1, 0.15) is 39.5 Å². The van der Waals surface area contributed by atoms with Gasteiger partial charge in [0.2, 0.25) is 0 Å². The molecular weight excluding hydrogens is 150 g/mol. The van der Waals surface area contributed by atoms with E-state index in [0.717, 1.165) is 13.1 Å². The highest BCUT2D eigenvalue weighted by Crippen LogP contribution is 2.12. The Bertz CT molecular complexity index is 110. The number of piperidine rings is 1. The van der Waals surface area contributed by atoms with Crippen LogP contribution in [0.3, 0.4) is 0 Å². The van der Waals surface area contributed by atoms with E-state index in [4.69, 9.17) is 4.74 Å². The molecule has 0 amide bonds. The minimum absolute atomic E-state index is 0.457. The Hall–Kier alpha value is -0.0800. The third kappa shape index (κ3) is 3.55. The largest absolute Gasteiger partial charge is 0.375 e. The fourth-order valence-electron chi connectivity index (χ4n) is 1.73. The van der Waals surface area contributed by atoms with Gasteiger partial charge in [-0.1, -0.05) is 13.3 Å². The van der Waals surface area contributed by atoms with Crippen molar-refractivity contribution >= 4 is 0 Å². The van der Waals surface area contributed by atoms with Crippen LogP contribution in [0.5, 0.6) is 0 Å². The van der Waals surface area contributed by atoms with E-state index in [1.807, 2.05) is 0 Å². The lowest BCUT2D eigenvalue weighted by Gasteiger charge is -2.26. The maximum Gasteiger partial charge on any atom is 0.0603 e. The Labute approximate surface area is 75.7 Å². The summed E-state index contributed by atoms with van der Waals surface area (Å²) < 4.78 is 5.89. The molecule has 2 nitrogen and oxygen atoms in total. The monoisotopic (exact) mass is 171 g/mol. The van der Waals surface area contributed by atoms with Gasteiger partial charge in [-0.05, 0) is 39.3 Å². The Morgan fingerprint density at radius 1 is 1.42 bits per heavy atom. The highest BCUT2D eigenvalue weighted by Gasteiger charge is 2.15. The summed E-state index contributed by atoms with van der Waals surface area (Å²) in [5, 5.41) is 3.34. The van der Waals surface area contributed by atoms with Gasteiger partial charge in [0, 0.05) is 0 Å². The Morgan fingerprint density at radius 2 is 2.08 bits per heavy atom. The van der Waals surface area contributed by atoms with Crippen LogP contribution in [-0.2, 0) is 4.74 Å². The Kier molecular flexibility index (Phi) is 4.62. The molecule has 0 aromatic heterocycles. The molecule has 0 spiro atoms. The van der Waals surface area contributed by atoms with Gasteiger partial charge in [0.1, 0.15) is 0 Å². The molecule has 0 aliphatic carbocycles. The molecule has 1 fully saturated rings. The van der Waals surface area contributed by atoms with Crippen molar-refractivity contribution in [2.75, 3.05) is 13.1 Å². The van der Waals surface area contributed by atoms with E-state index in [1.54, 1.807) is 0 Å². The lowest BCUT2D eigenvalue weighted by Crippen LogP contribution is -2.34. The van der Waals surface area contributed by atoms with Crippen LogP contribution in [0.4, 0.5) is 0 Å². The molecular formula is C10H21NO. The quantitative estimate of drug-likeness (QED) is 0.698. The lowest BCUT2D eigenvalue weighted by atomic mass is 10.1. The maximum absolute atomic E-state index is 5.89. The zero-order valence-corrected chi connectivity index (χ0v) is 8.31. The van der Waals surface area contributed by atoms with Gasteiger partial charge >= 0.3 is 0 Å². The molecule has 1 heterocycles. The summed E-state index contributed by atoms with van der Waals surface area (Å²) in [7, 11) is 0. The predicted octanol–water partition coefficient (Wildman–Crippen LogP) is 1.94. The van der Waals surface area contributed by atoms with E-state index in [1.165, 1.54) is 25.7 Å². The van der Waals surface area contributed by atoms with Gasteiger partial charge < -0.3 is 10.1 Å². The van der Waals surface area contributed by atoms with Crippen LogP contribution in [0.2, 0.25) is 0 Å². The highest BCUT2D eigenvalue weighted by molar-refractivity contribution is 4.69. The van der Waals surface area contributed by atoms with Crippen molar-refractivity contribution in [2.24, 2.45) is 0 Å². The van der Waals surface area contributed by atoms with E-state index in [9.17, 15) is 0 Å². The normalized spacial score (nSPS) is 22.5. The van der Waals surface area contributed by atoms with Crippen LogP contribution >= 0.6 is 0 Å². The minimum Gasteiger partial charge on any atom is -0.375 e. The van der Waals surface area contributed by atoms with Crippen LogP contribution in [-0.4, -0.2) is 25.3 Å². The molecule has 1 saturated heterocycles. The Morgan fingerprint density at radius 3 is 2.67 bits per heavy atom. The summed E-state index contributed by atoms with van der Waals surface area (Å²) in [6.07, 6.45) is 5.78. The van der Waals surface area contributed by atoms with Crippen molar-refractivity contribution in [2.45, 2.75) is 51.7 Å². The van der Waals surface area contributed by atoms with Crippen LogP contribution < -0.4 is 5.32 Å². The van der Waals surface area contributed by atoms with Gasteiger partial charge in [-0.2, -0.15) is 0 Å². The number of ether oxygens (including phenoxy) is 1. The molecule has 0 bridgehead atoms. The van der Waals surface area contributed by atoms with Gasteiger partial charge in [-0.15, -0.1) is 0 Å². The summed E-state index contributed by atoms with van der Waals surface area (Å²) >= 11 is 0. The number of hydrogen-bond acceptors (Lipinski definition) is 2. The summed E-state index contributed by atoms with van der Waals surface area (Å²) in [6, 6.07) is 0. The van der Waals surface area contributed by atoms with Gasteiger partial charge in [-0.25, -0.2) is 0 Å². The van der Waals surface area contributed by atoms with E-state index in [0.29, 0.717) is 12.2 Å². The first kappa shape index (κ1) is 10.0. The molecule has 0 aromatic carbocycles. The van der Waals surface area contributed by atoms with Gasteiger partial charge in [0.15, 0.2) is 0 Å². The van der Waals surface area contributed by atoms with Crippen molar-refractivity contribution in [3.63, 3.8) is 0 Å². The van der Waals surface area contributed by atoms with Crippen LogP contribution in [0, 0.1) is 0 Å². The SMILES string of the molecule is CCCC(C)OC1CCNCC1. The molecule has 1 atom stereocenters. The second kappa shape index (κ2) is 5.55. The summed E-state index contributed by atoms with van der Waals surface area (Å²) in [6.45, 7) is 6.65. The zero-order chi connectivity index (χ0) is 8.81. The number of rotatable bonds is 4. The lowest BCUT2D eigenvalue weighted by molar-refractivity contribution is -0.0209. The minimum atomic E-state index is 0.457. The first-order valence-electron chi connectivity index (χ1n) is 5.19. The van der Waals surface area contributed by atoms with E-state index < -0.39 is 0 Å². The maximum atomic E-state index is 5.89. The van der Waals surface area contributed by atoms with Crippen molar-refractivity contribution < 1.29 is 4.74 Å². The number of nitrogens with one attached hydrogen (secondary N) is 1. The Balaban J connectivity index is 2.11. The topological polar surface area (TPSA) is 21.3 Å². The highest BCUT2D eigenvalue weighted by atomic mass is 16.5. The number of hydrogen-bond donors (Lipinski definition) is 1. The second-order valence-corrected chi connectivity index (χ2v) is 3.68. The molecule has 1 unspecified atom stereocenters. The molecule has 2 heteroatoms. The molecule has 0 aromatic rings. The van der Waals surface area contributed by atoms with E-state index in [-0.39, 0.29) is 0 Å². The third-order valence-corrected chi connectivity index (χ3v) is 2.41. The van der Waals surface area contributed by atoms with Crippen LogP contribution in [0.15, 0.2) is 0 Å². The van der Waals surface area contributed by atoms with Crippen molar-refractivity contribution in [3.05, 3.63) is 0 Å². The van der Waals surface area contributed by atoms with Crippen molar-refractivity contribution in [1.82, 2.24) is 5.32 Å². The molecule has 0 radical (unpaired) electrons. The molecule has 12 heavy (non-hydrogen) atoms. The van der Waals surface area contributed by atoms with E-state index in [2.05, 4.69) is 19.2 Å². The van der Waals surface area contributed by atoms with Gasteiger partial charge in [0.25, 0.3) is 0 Å². The fraction of sp³-hybridized carbons (Fsp3) is 1.00. The fourth-order valence-corrected chi connectivity index (χ4v) is 1.73. The third-order valence-electron chi connectivity index (χ3n) is 2.41.